The fourth-order valence-electron chi connectivity index (χ4n) is 3.08. The van der Waals surface area contributed by atoms with Gasteiger partial charge in [0.1, 0.15) is 18.1 Å². The summed E-state index contributed by atoms with van der Waals surface area (Å²) in [6.45, 7) is 2.79. The van der Waals surface area contributed by atoms with E-state index in [2.05, 4.69) is 16.0 Å². The number of aliphatic hydroxyl groups is 1. The van der Waals surface area contributed by atoms with Crippen molar-refractivity contribution in [2.45, 2.75) is 57.3 Å². The van der Waals surface area contributed by atoms with Gasteiger partial charge in [0.15, 0.2) is 0 Å². The standard InChI is InChI=1S/C22H33N5O7/c1-12(2)8-15(20(31)26-16(22(33)34)10-18(24)29)25-21(32)17(11-28)27-19(30)14(23)9-13-6-4-3-5-7-13/h3-7,12,14-17,28H,8-11,23H2,1-2H3,(H2,24,29)(H,25,32)(H,26,31)(H,27,30)(H,33,34). The number of nitrogens with two attached hydrogens (primary N) is 2. The summed E-state index contributed by atoms with van der Waals surface area (Å²) in [5.74, 6) is -4.85. The molecule has 188 valence electrons. The average Bonchev–Trinajstić information content (AvgIpc) is 2.76. The van der Waals surface area contributed by atoms with Gasteiger partial charge in [-0.05, 0) is 24.3 Å². The Hall–Kier alpha value is -3.51. The third-order valence-corrected chi connectivity index (χ3v) is 4.81. The van der Waals surface area contributed by atoms with E-state index in [1.165, 1.54) is 0 Å². The second-order valence-electron chi connectivity index (χ2n) is 8.30. The number of aliphatic hydroxyl groups excluding tert-OH is 1. The lowest BCUT2D eigenvalue weighted by Gasteiger charge is -2.25. The molecule has 0 radical (unpaired) electrons. The lowest BCUT2D eigenvalue weighted by molar-refractivity contribution is -0.144. The maximum Gasteiger partial charge on any atom is 0.326 e. The van der Waals surface area contributed by atoms with Crippen LogP contribution >= 0.6 is 0 Å². The molecular formula is C22H33N5O7. The molecule has 0 aliphatic carbocycles. The van der Waals surface area contributed by atoms with Crippen LogP contribution in [0.2, 0.25) is 0 Å². The molecule has 0 bridgehead atoms. The van der Waals surface area contributed by atoms with Crippen LogP contribution in [0.1, 0.15) is 32.3 Å². The number of rotatable bonds is 14. The molecule has 1 rings (SSSR count). The Kier molecular flexibility index (Phi) is 11.7. The first kappa shape index (κ1) is 28.5. The van der Waals surface area contributed by atoms with Crippen molar-refractivity contribution in [3.8, 4) is 0 Å². The van der Waals surface area contributed by atoms with Gasteiger partial charge in [0.05, 0.1) is 19.1 Å². The summed E-state index contributed by atoms with van der Waals surface area (Å²) in [5, 5.41) is 25.8. The van der Waals surface area contributed by atoms with E-state index in [1.807, 2.05) is 6.07 Å². The fourth-order valence-corrected chi connectivity index (χ4v) is 3.08. The molecule has 4 atom stereocenters. The summed E-state index contributed by atoms with van der Waals surface area (Å²) >= 11 is 0. The first-order chi connectivity index (χ1) is 15.9. The van der Waals surface area contributed by atoms with Gasteiger partial charge in [-0.2, -0.15) is 0 Å². The molecular weight excluding hydrogens is 446 g/mol. The van der Waals surface area contributed by atoms with Crippen molar-refractivity contribution in [2.75, 3.05) is 6.61 Å². The number of hydrogen-bond acceptors (Lipinski definition) is 7. The highest BCUT2D eigenvalue weighted by atomic mass is 16.4. The van der Waals surface area contributed by atoms with Crippen LogP contribution in [0.4, 0.5) is 0 Å². The minimum Gasteiger partial charge on any atom is -0.480 e. The number of amides is 4. The van der Waals surface area contributed by atoms with E-state index in [4.69, 9.17) is 11.5 Å². The lowest BCUT2D eigenvalue weighted by atomic mass is 10.0. The predicted octanol–water partition coefficient (Wildman–Crippen LogP) is -1.99. The third-order valence-electron chi connectivity index (χ3n) is 4.81. The van der Waals surface area contributed by atoms with Crippen LogP contribution in [-0.2, 0) is 30.4 Å². The van der Waals surface area contributed by atoms with Gasteiger partial charge in [0, 0.05) is 0 Å². The third kappa shape index (κ3) is 9.96. The predicted molar refractivity (Wildman–Crippen MR) is 122 cm³/mol. The van der Waals surface area contributed by atoms with Crippen molar-refractivity contribution in [2.24, 2.45) is 17.4 Å². The number of carbonyl (C=O) groups is 5. The Morgan fingerprint density at radius 1 is 0.882 bits per heavy atom. The molecule has 9 N–H and O–H groups in total. The van der Waals surface area contributed by atoms with Crippen molar-refractivity contribution in [3.05, 3.63) is 35.9 Å². The van der Waals surface area contributed by atoms with Gasteiger partial charge in [0.25, 0.3) is 0 Å². The Morgan fingerprint density at radius 2 is 1.41 bits per heavy atom. The molecule has 0 saturated heterocycles. The zero-order valence-corrected chi connectivity index (χ0v) is 19.2. The van der Waals surface area contributed by atoms with Gasteiger partial charge in [-0.15, -0.1) is 0 Å². The summed E-state index contributed by atoms with van der Waals surface area (Å²) in [6, 6.07) is 3.86. The van der Waals surface area contributed by atoms with E-state index in [0.717, 1.165) is 5.56 Å². The molecule has 1 aromatic rings. The normalized spacial score (nSPS) is 14.4. The minimum absolute atomic E-state index is 0.0862. The van der Waals surface area contributed by atoms with Gasteiger partial charge in [-0.25, -0.2) is 4.79 Å². The Balaban J connectivity index is 2.84. The highest BCUT2D eigenvalue weighted by molar-refractivity contribution is 5.95. The number of carboxylic acid groups (broad SMARTS) is 1. The Bertz CT molecular complexity index is 862. The SMILES string of the molecule is CC(C)CC(NC(=O)C(CO)NC(=O)C(N)Cc1ccccc1)C(=O)NC(CC(N)=O)C(=O)O. The molecule has 0 aliphatic heterocycles. The smallest absolute Gasteiger partial charge is 0.326 e. The molecule has 0 aliphatic rings. The second kappa shape index (κ2) is 13.9. The summed E-state index contributed by atoms with van der Waals surface area (Å²) in [4.78, 5) is 60.1. The summed E-state index contributed by atoms with van der Waals surface area (Å²) < 4.78 is 0. The maximum absolute atomic E-state index is 12.7. The van der Waals surface area contributed by atoms with Crippen molar-refractivity contribution >= 4 is 29.6 Å². The molecule has 0 heterocycles. The molecule has 0 spiro atoms. The number of nitrogens with one attached hydrogen (secondary N) is 3. The monoisotopic (exact) mass is 479 g/mol. The molecule has 4 amide bonds. The quantitative estimate of drug-likeness (QED) is 0.158. The Morgan fingerprint density at radius 3 is 1.91 bits per heavy atom. The number of carboxylic acids is 1. The molecule has 12 heteroatoms. The largest absolute Gasteiger partial charge is 0.480 e. The van der Waals surface area contributed by atoms with E-state index >= 15 is 0 Å². The van der Waals surface area contributed by atoms with Crippen LogP contribution in [0.3, 0.4) is 0 Å². The highest BCUT2D eigenvalue weighted by Gasteiger charge is 2.31. The zero-order valence-electron chi connectivity index (χ0n) is 19.2. The number of carbonyl (C=O) groups excluding carboxylic acids is 4. The average molecular weight is 480 g/mol. The maximum atomic E-state index is 12.7. The van der Waals surface area contributed by atoms with Crippen molar-refractivity contribution < 1.29 is 34.2 Å². The van der Waals surface area contributed by atoms with Crippen LogP contribution in [0.25, 0.3) is 0 Å². The van der Waals surface area contributed by atoms with Crippen LogP contribution in [0.15, 0.2) is 30.3 Å². The van der Waals surface area contributed by atoms with Gasteiger partial charge in [-0.3, -0.25) is 19.2 Å². The topological polar surface area (TPSA) is 214 Å². The van der Waals surface area contributed by atoms with E-state index in [9.17, 15) is 34.2 Å². The van der Waals surface area contributed by atoms with Gasteiger partial charge >= 0.3 is 5.97 Å². The van der Waals surface area contributed by atoms with E-state index in [0.29, 0.717) is 0 Å². The van der Waals surface area contributed by atoms with Crippen LogP contribution in [-0.4, -0.2) is 70.6 Å². The fraction of sp³-hybridized carbons (Fsp3) is 0.500. The van der Waals surface area contributed by atoms with E-state index in [1.54, 1.807) is 38.1 Å². The first-order valence-corrected chi connectivity index (χ1v) is 10.8. The minimum atomic E-state index is -1.57. The highest BCUT2D eigenvalue weighted by Crippen LogP contribution is 2.07. The summed E-state index contributed by atoms with van der Waals surface area (Å²) in [7, 11) is 0. The number of primary amides is 1. The molecule has 34 heavy (non-hydrogen) atoms. The lowest BCUT2D eigenvalue weighted by Crippen LogP contribution is -2.58. The molecule has 0 aromatic heterocycles. The van der Waals surface area contributed by atoms with Crippen molar-refractivity contribution in [1.82, 2.24) is 16.0 Å². The van der Waals surface area contributed by atoms with Crippen molar-refractivity contribution in [3.63, 3.8) is 0 Å². The second-order valence-corrected chi connectivity index (χ2v) is 8.30. The molecule has 0 fully saturated rings. The number of aliphatic carboxylic acids is 1. The van der Waals surface area contributed by atoms with Gasteiger partial charge in [-0.1, -0.05) is 44.2 Å². The molecule has 1 aromatic carbocycles. The Labute approximate surface area is 197 Å². The van der Waals surface area contributed by atoms with E-state index in [-0.39, 0.29) is 18.8 Å². The first-order valence-electron chi connectivity index (χ1n) is 10.8. The van der Waals surface area contributed by atoms with Gasteiger partial charge in [0.2, 0.25) is 23.6 Å². The molecule has 4 unspecified atom stereocenters. The van der Waals surface area contributed by atoms with Gasteiger partial charge < -0.3 is 37.6 Å². The zero-order chi connectivity index (χ0) is 25.8. The van der Waals surface area contributed by atoms with E-state index < -0.39 is 66.8 Å². The van der Waals surface area contributed by atoms with Crippen LogP contribution < -0.4 is 27.4 Å². The summed E-state index contributed by atoms with van der Waals surface area (Å²) in [5.41, 5.74) is 11.7. The molecule has 12 nitrogen and oxygen atoms in total. The van der Waals surface area contributed by atoms with Crippen LogP contribution in [0, 0.1) is 5.92 Å². The van der Waals surface area contributed by atoms with Crippen molar-refractivity contribution in [1.29, 1.82) is 0 Å². The number of benzene rings is 1. The molecule has 0 saturated carbocycles. The summed E-state index contributed by atoms with van der Waals surface area (Å²) in [6.07, 6.45) is -0.292. The number of hydrogen-bond donors (Lipinski definition) is 7. The van der Waals surface area contributed by atoms with Crippen LogP contribution in [0.5, 0.6) is 0 Å².